The van der Waals surface area contributed by atoms with Gasteiger partial charge in [0.05, 0.1) is 0 Å². The summed E-state index contributed by atoms with van der Waals surface area (Å²) in [6, 6.07) is 8.23. The largest absolute Gasteiger partial charge is 0.359 e. The Bertz CT molecular complexity index is 461. The van der Waals surface area contributed by atoms with Gasteiger partial charge in [-0.05, 0) is 37.9 Å². The minimum Gasteiger partial charge on any atom is -0.359 e. The highest BCUT2D eigenvalue weighted by atomic mass is 16.2. The lowest BCUT2D eigenvalue weighted by Gasteiger charge is -2.26. The SMILES string of the molecule is CCCNC(=O)C(C)N1CC(CCN)c2ccccc21. The Kier molecular flexibility index (Phi) is 5.01. The van der Waals surface area contributed by atoms with Crippen LogP contribution in [0.3, 0.4) is 0 Å². The molecule has 1 aromatic rings. The highest BCUT2D eigenvalue weighted by Crippen LogP contribution is 2.38. The second-order valence-electron chi connectivity index (χ2n) is 5.45. The Labute approximate surface area is 121 Å². The number of nitrogens with one attached hydrogen (secondary N) is 1. The van der Waals surface area contributed by atoms with E-state index in [4.69, 9.17) is 5.73 Å². The number of rotatable bonds is 6. The zero-order chi connectivity index (χ0) is 14.5. The summed E-state index contributed by atoms with van der Waals surface area (Å²) in [7, 11) is 0. The molecule has 0 fully saturated rings. The fourth-order valence-corrected chi connectivity index (χ4v) is 2.88. The molecule has 2 atom stereocenters. The van der Waals surface area contributed by atoms with Gasteiger partial charge in [0, 0.05) is 24.7 Å². The van der Waals surface area contributed by atoms with Crippen LogP contribution in [-0.4, -0.2) is 31.6 Å². The van der Waals surface area contributed by atoms with Gasteiger partial charge in [-0.25, -0.2) is 0 Å². The third kappa shape index (κ3) is 2.96. The molecule has 0 aliphatic carbocycles. The van der Waals surface area contributed by atoms with E-state index in [1.54, 1.807) is 0 Å². The molecule has 3 N–H and O–H groups in total. The summed E-state index contributed by atoms with van der Waals surface area (Å²) in [5.74, 6) is 0.549. The highest BCUT2D eigenvalue weighted by molar-refractivity contribution is 5.85. The number of para-hydroxylation sites is 1. The lowest BCUT2D eigenvalue weighted by atomic mass is 9.98. The molecule has 2 rings (SSSR count). The number of nitrogens with zero attached hydrogens (tertiary/aromatic N) is 1. The van der Waals surface area contributed by atoms with E-state index in [9.17, 15) is 4.79 Å². The monoisotopic (exact) mass is 275 g/mol. The van der Waals surface area contributed by atoms with E-state index < -0.39 is 0 Å². The van der Waals surface area contributed by atoms with Crippen LogP contribution in [0.5, 0.6) is 0 Å². The van der Waals surface area contributed by atoms with Crippen molar-refractivity contribution in [2.75, 3.05) is 24.5 Å². The predicted octanol–water partition coefficient (Wildman–Crippen LogP) is 1.85. The maximum Gasteiger partial charge on any atom is 0.242 e. The van der Waals surface area contributed by atoms with Crippen LogP contribution in [-0.2, 0) is 4.79 Å². The van der Waals surface area contributed by atoms with E-state index in [1.165, 1.54) is 11.3 Å². The number of carbonyl (C=O) groups is 1. The van der Waals surface area contributed by atoms with Crippen LogP contribution in [0, 0.1) is 0 Å². The Balaban J connectivity index is 2.15. The summed E-state index contributed by atoms with van der Waals surface area (Å²) < 4.78 is 0. The summed E-state index contributed by atoms with van der Waals surface area (Å²) in [5.41, 5.74) is 8.23. The third-order valence-corrected chi connectivity index (χ3v) is 4.01. The van der Waals surface area contributed by atoms with E-state index in [-0.39, 0.29) is 11.9 Å². The van der Waals surface area contributed by atoms with E-state index in [0.717, 1.165) is 25.9 Å². The van der Waals surface area contributed by atoms with Crippen molar-refractivity contribution in [3.8, 4) is 0 Å². The Hall–Kier alpha value is -1.55. The van der Waals surface area contributed by atoms with Crippen molar-refractivity contribution in [2.45, 2.75) is 38.6 Å². The minimum atomic E-state index is -0.134. The molecule has 1 amide bonds. The minimum absolute atomic E-state index is 0.107. The molecule has 1 heterocycles. The molecule has 110 valence electrons. The number of anilines is 1. The first kappa shape index (κ1) is 14.9. The van der Waals surface area contributed by atoms with Gasteiger partial charge >= 0.3 is 0 Å². The molecule has 4 heteroatoms. The van der Waals surface area contributed by atoms with Crippen molar-refractivity contribution in [3.05, 3.63) is 29.8 Å². The van der Waals surface area contributed by atoms with Gasteiger partial charge in [-0.2, -0.15) is 0 Å². The lowest BCUT2D eigenvalue weighted by Crippen LogP contribution is -2.45. The standard InChI is InChI=1S/C16H25N3O/c1-3-10-18-16(20)12(2)19-11-13(8-9-17)14-6-4-5-7-15(14)19/h4-7,12-13H,3,8-11,17H2,1-2H3,(H,18,20). The van der Waals surface area contributed by atoms with Crippen molar-refractivity contribution in [2.24, 2.45) is 5.73 Å². The summed E-state index contributed by atoms with van der Waals surface area (Å²) >= 11 is 0. The molecule has 0 spiro atoms. The second kappa shape index (κ2) is 6.75. The molecule has 20 heavy (non-hydrogen) atoms. The zero-order valence-corrected chi connectivity index (χ0v) is 12.4. The summed E-state index contributed by atoms with van der Waals surface area (Å²) in [5, 5.41) is 2.98. The fraction of sp³-hybridized carbons (Fsp3) is 0.562. The normalized spacial score (nSPS) is 18.8. The predicted molar refractivity (Wildman–Crippen MR) is 83.0 cm³/mol. The maximum absolute atomic E-state index is 12.2. The highest BCUT2D eigenvalue weighted by Gasteiger charge is 2.32. The van der Waals surface area contributed by atoms with Gasteiger partial charge in [-0.15, -0.1) is 0 Å². The zero-order valence-electron chi connectivity index (χ0n) is 12.4. The van der Waals surface area contributed by atoms with Crippen molar-refractivity contribution >= 4 is 11.6 Å². The van der Waals surface area contributed by atoms with Crippen LogP contribution in [0.1, 0.15) is 38.2 Å². The van der Waals surface area contributed by atoms with Crippen LogP contribution in [0.15, 0.2) is 24.3 Å². The van der Waals surface area contributed by atoms with Gasteiger partial charge in [-0.1, -0.05) is 25.1 Å². The summed E-state index contributed by atoms with van der Waals surface area (Å²) in [6.07, 6.45) is 1.93. The van der Waals surface area contributed by atoms with Gasteiger partial charge < -0.3 is 16.0 Å². The smallest absolute Gasteiger partial charge is 0.242 e. The fourth-order valence-electron chi connectivity index (χ4n) is 2.88. The second-order valence-corrected chi connectivity index (χ2v) is 5.45. The molecule has 0 saturated carbocycles. The number of benzene rings is 1. The Morgan fingerprint density at radius 1 is 1.50 bits per heavy atom. The molecule has 0 radical (unpaired) electrons. The van der Waals surface area contributed by atoms with Gasteiger partial charge in [0.2, 0.25) is 5.91 Å². The Morgan fingerprint density at radius 3 is 2.95 bits per heavy atom. The van der Waals surface area contributed by atoms with Crippen LogP contribution in [0.4, 0.5) is 5.69 Å². The average molecular weight is 275 g/mol. The van der Waals surface area contributed by atoms with E-state index in [1.807, 2.05) is 13.0 Å². The van der Waals surface area contributed by atoms with Crippen molar-refractivity contribution in [1.82, 2.24) is 5.32 Å². The molecular weight excluding hydrogens is 250 g/mol. The summed E-state index contributed by atoms with van der Waals surface area (Å²) in [6.45, 7) is 6.35. The number of nitrogens with two attached hydrogens (primary N) is 1. The van der Waals surface area contributed by atoms with Gasteiger partial charge in [-0.3, -0.25) is 4.79 Å². The average Bonchev–Trinajstić information content (AvgIpc) is 2.83. The number of fused-ring (bicyclic) bond motifs is 1. The summed E-state index contributed by atoms with van der Waals surface area (Å²) in [4.78, 5) is 14.4. The molecular formula is C16H25N3O. The number of hydrogen-bond donors (Lipinski definition) is 2. The van der Waals surface area contributed by atoms with Crippen LogP contribution < -0.4 is 16.0 Å². The van der Waals surface area contributed by atoms with E-state index in [0.29, 0.717) is 12.5 Å². The third-order valence-electron chi connectivity index (χ3n) is 4.01. The topological polar surface area (TPSA) is 58.4 Å². The lowest BCUT2D eigenvalue weighted by molar-refractivity contribution is -0.122. The van der Waals surface area contributed by atoms with E-state index >= 15 is 0 Å². The number of hydrogen-bond acceptors (Lipinski definition) is 3. The van der Waals surface area contributed by atoms with Crippen LogP contribution in [0.2, 0.25) is 0 Å². The molecule has 1 aromatic carbocycles. The van der Waals surface area contributed by atoms with Gasteiger partial charge in [0.1, 0.15) is 6.04 Å². The Morgan fingerprint density at radius 2 is 2.25 bits per heavy atom. The van der Waals surface area contributed by atoms with E-state index in [2.05, 4.69) is 35.3 Å². The molecule has 2 unspecified atom stereocenters. The number of amides is 1. The quantitative estimate of drug-likeness (QED) is 0.833. The molecule has 0 saturated heterocycles. The molecule has 0 bridgehead atoms. The first-order valence-electron chi connectivity index (χ1n) is 7.52. The first-order chi connectivity index (χ1) is 9.69. The number of carbonyl (C=O) groups excluding carboxylic acids is 1. The van der Waals surface area contributed by atoms with Crippen LogP contribution >= 0.6 is 0 Å². The van der Waals surface area contributed by atoms with Crippen molar-refractivity contribution < 1.29 is 4.79 Å². The molecule has 1 aliphatic heterocycles. The van der Waals surface area contributed by atoms with Crippen molar-refractivity contribution in [1.29, 1.82) is 0 Å². The maximum atomic E-state index is 12.2. The van der Waals surface area contributed by atoms with Crippen LogP contribution in [0.25, 0.3) is 0 Å². The molecule has 0 aromatic heterocycles. The van der Waals surface area contributed by atoms with Gasteiger partial charge in [0.15, 0.2) is 0 Å². The molecule has 1 aliphatic rings. The first-order valence-corrected chi connectivity index (χ1v) is 7.52. The van der Waals surface area contributed by atoms with Gasteiger partial charge in [0.25, 0.3) is 0 Å². The van der Waals surface area contributed by atoms with Crippen molar-refractivity contribution in [3.63, 3.8) is 0 Å². The molecule has 4 nitrogen and oxygen atoms in total.